The van der Waals surface area contributed by atoms with Crippen LogP contribution in [0.5, 0.6) is 0 Å². The summed E-state index contributed by atoms with van der Waals surface area (Å²) < 4.78 is 38.5. The van der Waals surface area contributed by atoms with E-state index in [1.54, 1.807) is 25.1 Å². The Balaban J connectivity index is 2.24. The van der Waals surface area contributed by atoms with E-state index in [0.717, 1.165) is 17.7 Å². The minimum absolute atomic E-state index is 0.116. The highest BCUT2D eigenvalue weighted by atomic mass is 32.1. The largest absolute Gasteiger partial charge is 0.416 e. The van der Waals surface area contributed by atoms with Crippen molar-refractivity contribution in [1.82, 2.24) is 0 Å². The summed E-state index contributed by atoms with van der Waals surface area (Å²) in [6.45, 7) is 0. The molecule has 1 N–H and O–H groups in total. The van der Waals surface area contributed by atoms with Gasteiger partial charge in [-0.1, -0.05) is 0 Å². The van der Waals surface area contributed by atoms with Crippen molar-refractivity contribution in [1.29, 1.82) is 0 Å². The normalized spacial score (nSPS) is 11.7. The molecule has 0 saturated carbocycles. The highest BCUT2D eigenvalue weighted by Crippen LogP contribution is 2.34. The number of hydrogen-bond acceptors (Lipinski definition) is 3. The number of carbonyl (C=O) groups excluding carboxylic acids is 1. The van der Waals surface area contributed by atoms with Crippen LogP contribution < -0.4 is 10.2 Å². The van der Waals surface area contributed by atoms with Crippen LogP contribution in [0.15, 0.2) is 41.1 Å². The van der Waals surface area contributed by atoms with Gasteiger partial charge in [0.25, 0.3) is 0 Å². The standard InChI is InChI=1S/C16H15F3N2OS/c1-21(2)14-5-4-12(16(17,18)19)9-13(14)20-15(22)6-3-11-7-8-23-10-11/h3-10H,1-2H3,(H,20,22)/b6-3+. The maximum atomic E-state index is 12.8. The predicted octanol–water partition coefficient (Wildman–Crippen LogP) is 4.48. The Morgan fingerprint density at radius 2 is 2.00 bits per heavy atom. The molecule has 1 heterocycles. The first-order valence-corrected chi connectivity index (χ1v) is 7.61. The fourth-order valence-electron chi connectivity index (χ4n) is 1.92. The summed E-state index contributed by atoms with van der Waals surface area (Å²) in [5.74, 6) is -0.487. The van der Waals surface area contributed by atoms with Gasteiger partial charge in [-0.25, -0.2) is 0 Å². The van der Waals surface area contributed by atoms with Crippen LogP contribution in [0, 0.1) is 0 Å². The fourth-order valence-corrected chi connectivity index (χ4v) is 2.55. The maximum absolute atomic E-state index is 12.8. The van der Waals surface area contributed by atoms with Crippen molar-refractivity contribution in [3.8, 4) is 0 Å². The summed E-state index contributed by atoms with van der Waals surface area (Å²) in [7, 11) is 3.39. The molecule has 1 aromatic carbocycles. The zero-order valence-electron chi connectivity index (χ0n) is 12.5. The number of nitrogens with one attached hydrogen (secondary N) is 1. The topological polar surface area (TPSA) is 32.3 Å². The van der Waals surface area contributed by atoms with Crippen LogP contribution in [0.2, 0.25) is 0 Å². The number of nitrogens with zero attached hydrogens (tertiary/aromatic N) is 1. The number of hydrogen-bond donors (Lipinski definition) is 1. The SMILES string of the molecule is CN(C)c1ccc(C(F)(F)F)cc1NC(=O)/C=C/c1ccsc1. The average molecular weight is 340 g/mol. The van der Waals surface area contributed by atoms with E-state index in [9.17, 15) is 18.0 Å². The third-order valence-corrected chi connectivity index (χ3v) is 3.74. The van der Waals surface area contributed by atoms with Crippen molar-refractivity contribution in [2.75, 3.05) is 24.3 Å². The molecular formula is C16H15F3N2OS. The highest BCUT2D eigenvalue weighted by molar-refractivity contribution is 7.08. The highest BCUT2D eigenvalue weighted by Gasteiger charge is 2.31. The minimum Gasteiger partial charge on any atom is -0.376 e. The van der Waals surface area contributed by atoms with E-state index in [2.05, 4.69) is 5.32 Å². The lowest BCUT2D eigenvalue weighted by Gasteiger charge is -2.19. The van der Waals surface area contributed by atoms with Crippen LogP contribution in [0.3, 0.4) is 0 Å². The molecular weight excluding hydrogens is 325 g/mol. The zero-order chi connectivity index (χ0) is 17.0. The number of alkyl halides is 3. The molecule has 0 aliphatic rings. The minimum atomic E-state index is -4.46. The summed E-state index contributed by atoms with van der Waals surface area (Å²) >= 11 is 1.49. The van der Waals surface area contributed by atoms with Gasteiger partial charge in [0.05, 0.1) is 16.9 Å². The van der Waals surface area contributed by atoms with E-state index in [1.165, 1.54) is 23.5 Å². The lowest BCUT2D eigenvalue weighted by molar-refractivity contribution is -0.137. The second-order valence-electron chi connectivity index (χ2n) is 5.00. The first-order valence-electron chi connectivity index (χ1n) is 6.67. The molecule has 0 radical (unpaired) electrons. The molecule has 7 heteroatoms. The van der Waals surface area contributed by atoms with Crippen molar-refractivity contribution in [2.45, 2.75) is 6.18 Å². The van der Waals surface area contributed by atoms with Gasteiger partial charge in [-0.2, -0.15) is 24.5 Å². The van der Waals surface area contributed by atoms with Gasteiger partial charge in [-0.05, 0) is 46.7 Å². The van der Waals surface area contributed by atoms with Crippen LogP contribution in [0.25, 0.3) is 6.08 Å². The summed E-state index contributed by atoms with van der Waals surface area (Å²) in [6.07, 6.45) is -1.56. The molecule has 1 amide bonds. The van der Waals surface area contributed by atoms with Crippen LogP contribution in [-0.4, -0.2) is 20.0 Å². The van der Waals surface area contributed by atoms with Crippen molar-refractivity contribution in [3.05, 3.63) is 52.2 Å². The number of thiophene rings is 1. The lowest BCUT2D eigenvalue weighted by atomic mass is 10.1. The van der Waals surface area contributed by atoms with Crippen molar-refractivity contribution in [2.24, 2.45) is 0 Å². The monoisotopic (exact) mass is 340 g/mol. The number of halogens is 3. The van der Waals surface area contributed by atoms with Gasteiger partial charge < -0.3 is 10.2 Å². The maximum Gasteiger partial charge on any atom is 0.416 e. The van der Waals surface area contributed by atoms with E-state index < -0.39 is 17.6 Å². The van der Waals surface area contributed by atoms with Gasteiger partial charge in [0.2, 0.25) is 5.91 Å². The molecule has 3 nitrogen and oxygen atoms in total. The average Bonchev–Trinajstić information content (AvgIpc) is 2.97. The van der Waals surface area contributed by atoms with Gasteiger partial charge in [0.15, 0.2) is 0 Å². The van der Waals surface area contributed by atoms with Crippen molar-refractivity contribution >= 4 is 34.7 Å². The van der Waals surface area contributed by atoms with Gasteiger partial charge in [0, 0.05) is 20.2 Å². The molecule has 0 aliphatic carbocycles. The first kappa shape index (κ1) is 17.1. The van der Waals surface area contributed by atoms with E-state index in [1.807, 2.05) is 16.8 Å². The Bertz CT molecular complexity index is 707. The molecule has 0 unspecified atom stereocenters. The van der Waals surface area contributed by atoms with Gasteiger partial charge in [-0.15, -0.1) is 0 Å². The Hall–Kier alpha value is -2.28. The molecule has 1 aromatic heterocycles. The summed E-state index contributed by atoms with van der Waals surface area (Å²) in [4.78, 5) is 13.6. The Morgan fingerprint density at radius 3 is 2.57 bits per heavy atom. The van der Waals surface area contributed by atoms with Crippen molar-refractivity contribution < 1.29 is 18.0 Å². The Kier molecular flexibility index (Phi) is 5.10. The van der Waals surface area contributed by atoms with Gasteiger partial charge >= 0.3 is 6.18 Å². The van der Waals surface area contributed by atoms with Gasteiger partial charge in [0.1, 0.15) is 0 Å². The summed E-state index contributed by atoms with van der Waals surface area (Å²) in [5.41, 5.74) is 0.669. The van der Waals surface area contributed by atoms with Crippen LogP contribution in [0.4, 0.5) is 24.5 Å². The first-order chi connectivity index (χ1) is 10.8. The molecule has 0 bridgehead atoms. The second kappa shape index (κ2) is 6.87. The molecule has 0 aliphatic heterocycles. The number of benzene rings is 1. The number of rotatable bonds is 4. The number of anilines is 2. The molecule has 2 rings (SSSR count). The third-order valence-electron chi connectivity index (χ3n) is 3.03. The smallest absolute Gasteiger partial charge is 0.376 e. The predicted molar refractivity (Wildman–Crippen MR) is 87.8 cm³/mol. The van der Waals surface area contributed by atoms with Crippen molar-refractivity contribution in [3.63, 3.8) is 0 Å². The number of carbonyl (C=O) groups is 1. The molecule has 122 valence electrons. The van der Waals surface area contributed by atoms with Gasteiger partial charge in [-0.3, -0.25) is 4.79 Å². The lowest BCUT2D eigenvalue weighted by Crippen LogP contribution is -2.16. The summed E-state index contributed by atoms with van der Waals surface area (Å²) in [5, 5.41) is 6.23. The van der Waals surface area contributed by atoms with E-state index >= 15 is 0 Å². The quantitative estimate of drug-likeness (QED) is 0.832. The molecule has 0 spiro atoms. The molecule has 0 atom stereocenters. The molecule has 23 heavy (non-hydrogen) atoms. The third kappa shape index (κ3) is 4.59. The number of amides is 1. The molecule has 0 fully saturated rings. The van der Waals surface area contributed by atoms with Crippen LogP contribution in [0.1, 0.15) is 11.1 Å². The zero-order valence-corrected chi connectivity index (χ0v) is 13.3. The Morgan fingerprint density at radius 1 is 1.26 bits per heavy atom. The summed E-state index contributed by atoms with van der Waals surface area (Å²) in [6, 6.07) is 5.10. The molecule has 2 aromatic rings. The second-order valence-corrected chi connectivity index (χ2v) is 5.78. The fraction of sp³-hybridized carbons (Fsp3) is 0.188. The molecule has 0 saturated heterocycles. The van der Waals surface area contributed by atoms with Crippen LogP contribution >= 0.6 is 11.3 Å². The van der Waals surface area contributed by atoms with E-state index in [0.29, 0.717) is 5.69 Å². The van der Waals surface area contributed by atoms with E-state index in [-0.39, 0.29) is 5.69 Å². The van der Waals surface area contributed by atoms with E-state index in [4.69, 9.17) is 0 Å². The van der Waals surface area contributed by atoms with Crippen LogP contribution in [-0.2, 0) is 11.0 Å². The Labute approximate surface area is 136 Å².